The summed E-state index contributed by atoms with van der Waals surface area (Å²) in [6, 6.07) is 62.0. The Balaban J connectivity index is 1.15. The van der Waals surface area contributed by atoms with Gasteiger partial charge in [0.1, 0.15) is 0 Å². The maximum absolute atomic E-state index is 2.36. The van der Waals surface area contributed by atoms with Crippen LogP contribution in [0.1, 0.15) is 11.1 Å². The van der Waals surface area contributed by atoms with E-state index in [1.807, 2.05) is 0 Å². The zero-order valence-electron chi connectivity index (χ0n) is 31.0. The molecule has 0 saturated heterocycles. The van der Waals surface area contributed by atoms with Crippen LogP contribution >= 0.6 is 0 Å². The van der Waals surface area contributed by atoms with Gasteiger partial charge in [0.15, 0.2) is 0 Å². The average Bonchev–Trinajstić information content (AvgIpc) is 3.67. The summed E-state index contributed by atoms with van der Waals surface area (Å²) in [5.74, 6) is 0. The number of para-hydroxylation sites is 2. The fourth-order valence-corrected chi connectivity index (χ4v) is 8.50. The molecule has 0 radical (unpaired) electrons. The van der Waals surface area contributed by atoms with Crippen molar-refractivity contribution < 1.29 is 0 Å². The first-order valence-corrected chi connectivity index (χ1v) is 18.6. The number of hydrogen-bond donors (Lipinski definition) is 0. The van der Waals surface area contributed by atoms with Crippen molar-refractivity contribution in [1.82, 2.24) is 9.13 Å². The van der Waals surface area contributed by atoms with E-state index < -0.39 is 0 Å². The smallest absolute Gasteiger partial charge is 0.0509 e. The minimum absolute atomic E-state index is 1.13. The molecule has 10 rings (SSSR count). The molecule has 10 aromatic rings. The molecule has 4 heteroatoms. The van der Waals surface area contributed by atoms with Gasteiger partial charge in [0.2, 0.25) is 0 Å². The number of hydrogen-bond acceptors (Lipinski definition) is 2. The van der Waals surface area contributed by atoms with E-state index in [0.717, 1.165) is 34.1 Å². The van der Waals surface area contributed by atoms with Gasteiger partial charge in [0.05, 0.1) is 11.0 Å². The maximum atomic E-state index is 2.36. The van der Waals surface area contributed by atoms with Crippen LogP contribution in [-0.4, -0.2) is 9.13 Å². The highest BCUT2D eigenvalue weighted by Gasteiger charge is 2.20. The first-order chi connectivity index (χ1) is 26.4. The lowest BCUT2D eigenvalue weighted by Crippen LogP contribution is -2.09. The molecule has 54 heavy (non-hydrogen) atoms. The van der Waals surface area contributed by atoms with Crippen molar-refractivity contribution in [3.63, 3.8) is 0 Å². The third-order valence-electron chi connectivity index (χ3n) is 11.2. The Labute approximate surface area is 315 Å². The highest BCUT2D eigenvalue weighted by Crippen LogP contribution is 2.44. The average molecular weight is 697 g/mol. The van der Waals surface area contributed by atoms with Crippen molar-refractivity contribution in [3.8, 4) is 0 Å². The molecule has 260 valence electrons. The molecule has 2 heterocycles. The Morgan fingerprint density at radius 3 is 1.04 bits per heavy atom. The Bertz CT molecular complexity index is 2800. The monoisotopic (exact) mass is 696 g/mol. The van der Waals surface area contributed by atoms with Crippen LogP contribution in [0.15, 0.2) is 170 Å². The summed E-state index contributed by atoms with van der Waals surface area (Å²) in [6.45, 7) is 4.27. The quantitative estimate of drug-likeness (QED) is 0.172. The lowest BCUT2D eigenvalue weighted by Gasteiger charge is -2.25. The van der Waals surface area contributed by atoms with Crippen LogP contribution in [0.4, 0.5) is 34.1 Å². The van der Waals surface area contributed by atoms with Crippen LogP contribution in [0, 0.1) is 13.8 Å². The van der Waals surface area contributed by atoms with Crippen molar-refractivity contribution in [2.75, 3.05) is 9.80 Å². The van der Waals surface area contributed by atoms with E-state index in [4.69, 9.17) is 0 Å². The largest absolute Gasteiger partial charge is 0.344 e. The summed E-state index contributed by atoms with van der Waals surface area (Å²) in [6.07, 6.45) is 0. The first kappa shape index (κ1) is 31.9. The summed E-state index contributed by atoms with van der Waals surface area (Å²) in [4.78, 5) is 4.70. The number of fused-ring (bicyclic) bond motifs is 9. The van der Waals surface area contributed by atoms with E-state index in [0.29, 0.717) is 0 Å². The molecule has 0 N–H and O–H groups in total. The van der Waals surface area contributed by atoms with E-state index in [-0.39, 0.29) is 0 Å². The molecule has 0 unspecified atom stereocenters. The van der Waals surface area contributed by atoms with Crippen molar-refractivity contribution in [2.24, 2.45) is 14.1 Å². The summed E-state index contributed by atoms with van der Waals surface area (Å²) in [5.41, 5.74) is 14.2. The SMILES string of the molecule is Cc1ccc(N(c2ccccc2)c2ccc3c4c5ccc6c(c5ccc4n(C)c3c2)c2ccc(N(c3ccccc3)c3ccc(C)cc3)cc2n6C)cc1. The van der Waals surface area contributed by atoms with E-state index in [2.05, 4.69) is 217 Å². The van der Waals surface area contributed by atoms with Crippen LogP contribution in [0.25, 0.3) is 54.4 Å². The number of rotatable bonds is 6. The zero-order valence-corrected chi connectivity index (χ0v) is 31.0. The third kappa shape index (κ3) is 4.98. The normalized spacial score (nSPS) is 11.7. The van der Waals surface area contributed by atoms with E-state index in [1.165, 1.54) is 65.5 Å². The second-order valence-electron chi connectivity index (χ2n) is 14.5. The summed E-state index contributed by atoms with van der Waals surface area (Å²) in [5, 5.41) is 7.67. The molecule has 4 nitrogen and oxygen atoms in total. The standard InChI is InChI=1S/C50H40N4/c1-33-15-19-37(20-16-33)53(35-11-7-5-8-12-35)39-23-25-43-47(31-39)51(3)45-29-27-42-41(49(43)45)28-30-46-50(42)44-26-24-40(32-48(44)52(46)4)54(36-13-9-6-10-14-36)38-21-17-34(2)18-22-38/h5-32H,1-4H3. The highest BCUT2D eigenvalue weighted by molar-refractivity contribution is 6.29. The van der Waals surface area contributed by atoms with Gasteiger partial charge in [-0.05, 0) is 110 Å². The molecular weight excluding hydrogens is 657 g/mol. The number of aromatic nitrogens is 2. The Morgan fingerprint density at radius 2 is 0.648 bits per heavy atom. The van der Waals surface area contributed by atoms with Gasteiger partial charge in [-0.15, -0.1) is 0 Å². The molecule has 0 atom stereocenters. The van der Waals surface area contributed by atoms with Gasteiger partial charge >= 0.3 is 0 Å². The van der Waals surface area contributed by atoms with Crippen LogP contribution < -0.4 is 9.80 Å². The van der Waals surface area contributed by atoms with Gasteiger partial charge in [-0.25, -0.2) is 0 Å². The maximum Gasteiger partial charge on any atom is 0.0509 e. The number of benzene rings is 8. The molecule has 0 bridgehead atoms. The van der Waals surface area contributed by atoms with E-state index in [9.17, 15) is 0 Å². The van der Waals surface area contributed by atoms with Crippen LogP contribution in [0.2, 0.25) is 0 Å². The second-order valence-corrected chi connectivity index (χ2v) is 14.5. The fourth-order valence-electron chi connectivity index (χ4n) is 8.50. The molecule has 0 aliphatic heterocycles. The Hall–Kier alpha value is -6.78. The van der Waals surface area contributed by atoms with E-state index >= 15 is 0 Å². The Kier molecular flexibility index (Phi) is 7.34. The van der Waals surface area contributed by atoms with Crippen molar-refractivity contribution in [1.29, 1.82) is 0 Å². The highest BCUT2D eigenvalue weighted by atomic mass is 15.1. The summed E-state index contributed by atoms with van der Waals surface area (Å²) in [7, 11) is 4.40. The van der Waals surface area contributed by atoms with Gasteiger partial charge < -0.3 is 18.9 Å². The fraction of sp³-hybridized carbons (Fsp3) is 0.0800. The minimum atomic E-state index is 1.13. The van der Waals surface area contributed by atoms with Gasteiger partial charge in [-0.2, -0.15) is 0 Å². The molecule has 0 aliphatic rings. The Morgan fingerprint density at radius 1 is 0.315 bits per heavy atom. The lowest BCUT2D eigenvalue weighted by atomic mass is 9.99. The van der Waals surface area contributed by atoms with Crippen LogP contribution in [0.5, 0.6) is 0 Å². The summed E-state index contributed by atoms with van der Waals surface area (Å²) < 4.78 is 4.71. The van der Waals surface area contributed by atoms with Crippen molar-refractivity contribution in [2.45, 2.75) is 13.8 Å². The molecule has 0 fully saturated rings. The summed E-state index contributed by atoms with van der Waals surface area (Å²) >= 11 is 0. The predicted octanol–water partition coefficient (Wildman–Crippen LogP) is 13.7. The van der Waals surface area contributed by atoms with Crippen LogP contribution in [-0.2, 0) is 14.1 Å². The molecule has 8 aromatic carbocycles. The molecular formula is C50H40N4. The van der Waals surface area contributed by atoms with Gasteiger partial charge in [0.25, 0.3) is 0 Å². The van der Waals surface area contributed by atoms with Crippen LogP contribution in [0.3, 0.4) is 0 Å². The number of aryl methyl sites for hydroxylation is 4. The number of nitrogens with zero attached hydrogens (tertiary/aromatic N) is 4. The predicted molar refractivity (Wildman–Crippen MR) is 231 cm³/mol. The first-order valence-electron chi connectivity index (χ1n) is 18.6. The van der Waals surface area contributed by atoms with Crippen molar-refractivity contribution >= 4 is 88.5 Å². The topological polar surface area (TPSA) is 16.3 Å². The van der Waals surface area contributed by atoms with Gasteiger partial charge in [-0.1, -0.05) is 96.1 Å². The molecule has 0 saturated carbocycles. The van der Waals surface area contributed by atoms with Crippen molar-refractivity contribution in [3.05, 3.63) is 181 Å². The molecule has 2 aromatic heterocycles. The van der Waals surface area contributed by atoms with Gasteiger partial charge in [-0.3, -0.25) is 0 Å². The molecule has 0 amide bonds. The van der Waals surface area contributed by atoms with E-state index in [1.54, 1.807) is 0 Å². The molecule has 0 spiro atoms. The third-order valence-corrected chi connectivity index (χ3v) is 11.2. The lowest BCUT2D eigenvalue weighted by molar-refractivity contribution is 1.01. The minimum Gasteiger partial charge on any atom is -0.344 e. The second kappa shape index (κ2) is 12.4. The van der Waals surface area contributed by atoms with Gasteiger partial charge in [0, 0.05) is 80.8 Å². The number of anilines is 6. The zero-order chi connectivity index (χ0) is 36.5. The molecule has 0 aliphatic carbocycles.